The van der Waals surface area contributed by atoms with E-state index in [2.05, 4.69) is 10.6 Å². The topological polar surface area (TPSA) is 24.1 Å². The molecule has 0 fully saturated rings. The molecule has 1 unspecified atom stereocenters. The van der Waals surface area contributed by atoms with Crippen LogP contribution < -0.4 is 10.6 Å². The van der Waals surface area contributed by atoms with E-state index in [1.807, 2.05) is 20.0 Å². The Labute approximate surface area is 61.5 Å². The number of rotatable bonds is 5. The fraction of sp³-hybridized carbons (Fsp3) is 0.714. The summed E-state index contributed by atoms with van der Waals surface area (Å²) in [4.78, 5) is 0. The van der Waals surface area contributed by atoms with Gasteiger partial charge in [0.15, 0.2) is 0 Å². The lowest BCUT2D eigenvalue weighted by molar-refractivity contribution is 0.486. The molecular formula is C7H15FN2. The molecule has 2 N–H and O–H groups in total. The van der Waals surface area contributed by atoms with Gasteiger partial charge in [0.1, 0.15) is 6.67 Å². The molecule has 2 nitrogen and oxygen atoms in total. The second kappa shape index (κ2) is 6.55. The van der Waals surface area contributed by atoms with Gasteiger partial charge >= 0.3 is 0 Å². The van der Waals surface area contributed by atoms with Crippen molar-refractivity contribution in [1.29, 1.82) is 0 Å². The summed E-state index contributed by atoms with van der Waals surface area (Å²) in [6.07, 6.45) is 3.70. The molecule has 0 aromatic heterocycles. The van der Waals surface area contributed by atoms with Crippen molar-refractivity contribution in [3.8, 4) is 0 Å². The summed E-state index contributed by atoms with van der Waals surface area (Å²) in [7, 11) is 1.88. The summed E-state index contributed by atoms with van der Waals surface area (Å²) in [5.41, 5.74) is 0. The van der Waals surface area contributed by atoms with Gasteiger partial charge in [-0.15, -0.1) is 0 Å². The molecule has 0 aliphatic heterocycles. The first-order chi connectivity index (χ1) is 4.81. The van der Waals surface area contributed by atoms with Crippen LogP contribution in [-0.4, -0.2) is 26.3 Å². The SMILES string of the molecule is CNC(C)/C=C\NCCF. The van der Waals surface area contributed by atoms with E-state index in [1.54, 1.807) is 6.20 Å². The minimum absolute atomic E-state index is 0.321. The second-order valence-electron chi connectivity index (χ2n) is 2.08. The molecule has 0 spiro atoms. The van der Waals surface area contributed by atoms with Gasteiger partial charge in [-0.05, 0) is 20.2 Å². The molecule has 0 saturated carbocycles. The summed E-state index contributed by atoms with van der Waals surface area (Å²) in [5.74, 6) is 0. The smallest absolute Gasteiger partial charge is 0.107 e. The monoisotopic (exact) mass is 146 g/mol. The van der Waals surface area contributed by atoms with Crippen LogP contribution in [-0.2, 0) is 0 Å². The molecule has 0 rings (SSSR count). The molecule has 0 aliphatic rings. The normalized spacial score (nSPS) is 13.9. The Morgan fingerprint density at radius 1 is 1.60 bits per heavy atom. The first kappa shape index (κ1) is 9.43. The molecule has 0 heterocycles. The third kappa shape index (κ3) is 5.56. The zero-order valence-electron chi connectivity index (χ0n) is 6.52. The number of halogens is 1. The van der Waals surface area contributed by atoms with Crippen LogP contribution >= 0.6 is 0 Å². The fourth-order valence-corrected chi connectivity index (χ4v) is 0.446. The third-order valence-electron chi connectivity index (χ3n) is 1.20. The van der Waals surface area contributed by atoms with Crippen LogP contribution in [0.1, 0.15) is 6.92 Å². The van der Waals surface area contributed by atoms with E-state index in [0.29, 0.717) is 12.6 Å². The largest absolute Gasteiger partial charge is 0.388 e. The molecule has 60 valence electrons. The lowest BCUT2D eigenvalue weighted by Crippen LogP contribution is -2.19. The van der Waals surface area contributed by atoms with Crippen LogP contribution in [0.15, 0.2) is 12.3 Å². The maximum Gasteiger partial charge on any atom is 0.107 e. The zero-order chi connectivity index (χ0) is 7.82. The minimum atomic E-state index is -0.321. The van der Waals surface area contributed by atoms with Gasteiger partial charge in [-0.2, -0.15) is 0 Å². The molecular weight excluding hydrogens is 131 g/mol. The van der Waals surface area contributed by atoms with E-state index < -0.39 is 0 Å². The van der Waals surface area contributed by atoms with Gasteiger partial charge in [-0.1, -0.05) is 6.08 Å². The molecule has 0 bridgehead atoms. The molecule has 0 aromatic carbocycles. The van der Waals surface area contributed by atoms with Gasteiger partial charge < -0.3 is 10.6 Å². The van der Waals surface area contributed by atoms with Crippen LogP contribution in [0.25, 0.3) is 0 Å². The van der Waals surface area contributed by atoms with E-state index in [1.165, 1.54) is 0 Å². The maximum atomic E-state index is 11.5. The van der Waals surface area contributed by atoms with E-state index in [9.17, 15) is 4.39 Å². The van der Waals surface area contributed by atoms with Crippen LogP contribution in [0.3, 0.4) is 0 Å². The zero-order valence-corrected chi connectivity index (χ0v) is 6.52. The molecule has 3 heteroatoms. The molecule has 0 aromatic rings. The van der Waals surface area contributed by atoms with Crippen LogP contribution in [0.4, 0.5) is 4.39 Å². The first-order valence-corrected chi connectivity index (χ1v) is 3.44. The first-order valence-electron chi connectivity index (χ1n) is 3.44. The van der Waals surface area contributed by atoms with Crippen LogP contribution in [0.5, 0.6) is 0 Å². The van der Waals surface area contributed by atoms with Crippen molar-refractivity contribution in [3.63, 3.8) is 0 Å². The summed E-state index contributed by atoms with van der Waals surface area (Å²) in [5, 5.41) is 5.83. The Morgan fingerprint density at radius 3 is 2.80 bits per heavy atom. The highest BCUT2D eigenvalue weighted by Gasteiger charge is 1.86. The summed E-state index contributed by atoms with van der Waals surface area (Å²) < 4.78 is 11.5. The van der Waals surface area contributed by atoms with Crippen molar-refractivity contribution in [2.75, 3.05) is 20.3 Å². The van der Waals surface area contributed by atoms with Gasteiger partial charge in [0.05, 0.1) is 0 Å². The molecule has 10 heavy (non-hydrogen) atoms. The summed E-state index contributed by atoms with van der Waals surface area (Å²) in [6.45, 7) is 2.10. The molecule has 0 aliphatic carbocycles. The molecule has 0 saturated heterocycles. The number of hydrogen-bond donors (Lipinski definition) is 2. The highest BCUT2D eigenvalue weighted by molar-refractivity contribution is 4.88. The Hall–Kier alpha value is -0.570. The highest BCUT2D eigenvalue weighted by Crippen LogP contribution is 1.79. The van der Waals surface area contributed by atoms with Crippen molar-refractivity contribution in [3.05, 3.63) is 12.3 Å². The third-order valence-corrected chi connectivity index (χ3v) is 1.20. The minimum Gasteiger partial charge on any atom is -0.388 e. The van der Waals surface area contributed by atoms with Gasteiger partial charge in [0.2, 0.25) is 0 Å². The quantitative estimate of drug-likeness (QED) is 0.557. The highest BCUT2D eigenvalue weighted by atomic mass is 19.1. The van der Waals surface area contributed by atoms with Crippen molar-refractivity contribution in [1.82, 2.24) is 10.6 Å². The number of likely N-dealkylation sites (N-methyl/N-ethyl adjacent to an activating group) is 1. The van der Waals surface area contributed by atoms with Gasteiger partial charge in [0, 0.05) is 12.6 Å². The molecule has 0 radical (unpaired) electrons. The van der Waals surface area contributed by atoms with Crippen molar-refractivity contribution < 1.29 is 4.39 Å². The number of alkyl halides is 1. The van der Waals surface area contributed by atoms with Gasteiger partial charge in [-0.3, -0.25) is 0 Å². The Kier molecular flexibility index (Phi) is 6.18. The Balaban J connectivity index is 3.18. The van der Waals surface area contributed by atoms with Crippen LogP contribution in [0.2, 0.25) is 0 Å². The van der Waals surface area contributed by atoms with Crippen LogP contribution in [0, 0.1) is 0 Å². The average molecular weight is 146 g/mol. The van der Waals surface area contributed by atoms with E-state index >= 15 is 0 Å². The lowest BCUT2D eigenvalue weighted by atomic mass is 10.3. The standard InChI is InChI=1S/C7H15FN2/c1-7(9-2)3-5-10-6-4-8/h3,5,7,9-10H,4,6H2,1-2H3/b5-3-. The van der Waals surface area contributed by atoms with E-state index in [0.717, 1.165) is 0 Å². The predicted molar refractivity (Wildman–Crippen MR) is 41.6 cm³/mol. The lowest BCUT2D eigenvalue weighted by Gasteiger charge is -2.02. The fourth-order valence-electron chi connectivity index (χ4n) is 0.446. The van der Waals surface area contributed by atoms with Crippen molar-refractivity contribution in [2.24, 2.45) is 0 Å². The molecule has 1 atom stereocenters. The van der Waals surface area contributed by atoms with E-state index in [4.69, 9.17) is 0 Å². The molecule has 0 amide bonds. The Bertz CT molecular complexity index is 93.6. The van der Waals surface area contributed by atoms with Gasteiger partial charge in [-0.25, -0.2) is 4.39 Å². The number of nitrogens with one attached hydrogen (secondary N) is 2. The Morgan fingerprint density at radius 2 is 2.30 bits per heavy atom. The summed E-state index contributed by atoms with van der Waals surface area (Å²) >= 11 is 0. The predicted octanol–water partition coefficient (Wildman–Crippen LogP) is 0.667. The average Bonchev–Trinajstić information content (AvgIpc) is 1.98. The second-order valence-corrected chi connectivity index (χ2v) is 2.08. The summed E-state index contributed by atoms with van der Waals surface area (Å²) in [6, 6.07) is 0.340. The van der Waals surface area contributed by atoms with E-state index in [-0.39, 0.29) is 6.67 Å². The van der Waals surface area contributed by atoms with Crippen molar-refractivity contribution >= 4 is 0 Å². The van der Waals surface area contributed by atoms with Gasteiger partial charge in [0.25, 0.3) is 0 Å². The number of hydrogen-bond acceptors (Lipinski definition) is 2. The maximum absolute atomic E-state index is 11.5. The van der Waals surface area contributed by atoms with Crippen molar-refractivity contribution in [2.45, 2.75) is 13.0 Å².